The lowest BCUT2D eigenvalue weighted by molar-refractivity contribution is 0.202. The van der Waals surface area contributed by atoms with E-state index in [9.17, 15) is 4.21 Å². The topological polar surface area (TPSA) is 32.3 Å². The molecule has 3 nitrogen and oxygen atoms in total. The lowest BCUT2D eigenvalue weighted by atomic mass is 9.95. The van der Waals surface area contributed by atoms with Gasteiger partial charge in [-0.3, -0.25) is 4.21 Å². The summed E-state index contributed by atoms with van der Waals surface area (Å²) < 4.78 is 11.1. The first kappa shape index (κ1) is 13.5. The summed E-state index contributed by atoms with van der Waals surface area (Å²) in [6, 6.07) is 0. The highest BCUT2D eigenvalue weighted by Crippen LogP contribution is 2.40. The summed E-state index contributed by atoms with van der Waals surface area (Å²) in [4.78, 5) is 2.57. The molecule has 100 valence electrons. The third-order valence-corrected chi connectivity index (χ3v) is 4.98. The standard InChI is InChI=1S/C13H26N2OS/c1-13(12-5-6-12)11-15(8-3-7-14-13)9-4-10-17(2)16/h12,14H,3-11H2,1-2H3. The van der Waals surface area contributed by atoms with Gasteiger partial charge in [-0.2, -0.15) is 0 Å². The maximum atomic E-state index is 11.1. The highest BCUT2D eigenvalue weighted by atomic mass is 32.2. The smallest absolute Gasteiger partial charge is 0.0308 e. The van der Waals surface area contributed by atoms with Gasteiger partial charge in [-0.25, -0.2) is 0 Å². The fourth-order valence-electron chi connectivity index (χ4n) is 2.95. The zero-order chi connectivity index (χ0) is 12.3. The Morgan fingerprint density at radius 2 is 2.24 bits per heavy atom. The molecule has 0 aromatic carbocycles. The molecule has 2 unspecified atom stereocenters. The summed E-state index contributed by atoms with van der Waals surface area (Å²) in [5.74, 6) is 1.74. The van der Waals surface area contributed by atoms with Crippen LogP contribution in [-0.2, 0) is 10.8 Å². The number of hydrogen-bond donors (Lipinski definition) is 1. The third-order valence-electron chi connectivity index (χ3n) is 4.12. The van der Waals surface area contributed by atoms with Crippen molar-refractivity contribution in [3.8, 4) is 0 Å². The molecule has 0 radical (unpaired) electrons. The van der Waals surface area contributed by atoms with Crippen molar-refractivity contribution in [1.82, 2.24) is 10.2 Å². The van der Waals surface area contributed by atoms with Crippen LogP contribution in [0.5, 0.6) is 0 Å². The molecule has 2 atom stereocenters. The molecule has 0 aromatic heterocycles. The molecule has 0 bridgehead atoms. The first-order chi connectivity index (χ1) is 8.10. The summed E-state index contributed by atoms with van der Waals surface area (Å²) in [6.07, 6.45) is 6.92. The van der Waals surface area contributed by atoms with Crippen LogP contribution < -0.4 is 5.32 Å². The SMILES string of the molecule is CS(=O)CCCN1CCCNC(C)(C2CC2)C1. The zero-order valence-electron chi connectivity index (χ0n) is 11.2. The van der Waals surface area contributed by atoms with Crippen molar-refractivity contribution >= 4 is 10.8 Å². The Balaban J connectivity index is 1.82. The van der Waals surface area contributed by atoms with Crippen molar-refractivity contribution in [2.24, 2.45) is 5.92 Å². The van der Waals surface area contributed by atoms with E-state index in [2.05, 4.69) is 17.1 Å². The van der Waals surface area contributed by atoms with Crippen LogP contribution in [0.25, 0.3) is 0 Å². The van der Waals surface area contributed by atoms with Crippen LogP contribution in [0, 0.1) is 5.92 Å². The van der Waals surface area contributed by atoms with Crippen molar-refractivity contribution in [2.45, 2.75) is 38.1 Å². The average Bonchev–Trinajstić information content (AvgIpc) is 3.04. The highest BCUT2D eigenvalue weighted by molar-refractivity contribution is 7.84. The molecule has 2 aliphatic rings. The van der Waals surface area contributed by atoms with Crippen LogP contribution in [0.2, 0.25) is 0 Å². The molecule has 0 amide bonds. The van der Waals surface area contributed by atoms with Gasteiger partial charge in [-0.05, 0) is 58.2 Å². The molecule has 2 fully saturated rings. The number of nitrogens with one attached hydrogen (secondary N) is 1. The summed E-state index contributed by atoms with van der Waals surface area (Å²) in [5.41, 5.74) is 0.335. The Morgan fingerprint density at radius 1 is 1.47 bits per heavy atom. The third kappa shape index (κ3) is 4.04. The Morgan fingerprint density at radius 3 is 2.88 bits per heavy atom. The van der Waals surface area contributed by atoms with Gasteiger partial charge >= 0.3 is 0 Å². The van der Waals surface area contributed by atoms with Gasteiger partial charge in [-0.15, -0.1) is 0 Å². The first-order valence-electron chi connectivity index (χ1n) is 6.87. The molecule has 1 saturated heterocycles. The maximum absolute atomic E-state index is 11.1. The zero-order valence-corrected chi connectivity index (χ0v) is 12.0. The van der Waals surface area contributed by atoms with Gasteiger partial charge in [0.25, 0.3) is 0 Å². The van der Waals surface area contributed by atoms with Gasteiger partial charge in [0.05, 0.1) is 0 Å². The van der Waals surface area contributed by atoms with Gasteiger partial charge in [0, 0.05) is 34.9 Å². The fourth-order valence-corrected chi connectivity index (χ4v) is 3.49. The molecular weight excluding hydrogens is 232 g/mol. The van der Waals surface area contributed by atoms with E-state index in [-0.39, 0.29) is 0 Å². The number of rotatable bonds is 5. The van der Waals surface area contributed by atoms with Crippen LogP contribution in [0.4, 0.5) is 0 Å². The Kier molecular flexibility index (Phi) is 4.61. The molecule has 1 N–H and O–H groups in total. The van der Waals surface area contributed by atoms with E-state index >= 15 is 0 Å². The predicted octanol–water partition coefficient (Wildman–Crippen LogP) is 1.22. The summed E-state index contributed by atoms with van der Waals surface area (Å²) in [5, 5.41) is 3.75. The molecule has 1 aliphatic heterocycles. The van der Waals surface area contributed by atoms with Crippen molar-refractivity contribution in [3.63, 3.8) is 0 Å². The minimum Gasteiger partial charge on any atom is -0.310 e. The summed E-state index contributed by atoms with van der Waals surface area (Å²) >= 11 is 0. The van der Waals surface area contributed by atoms with E-state index < -0.39 is 10.8 Å². The van der Waals surface area contributed by atoms with Crippen LogP contribution in [0.1, 0.15) is 32.6 Å². The lowest BCUT2D eigenvalue weighted by Crippen LogP contribution is -2.51. The van der Waals surface area contributed by atoms with Gasteiger partial charge < -0.3 is 10.2 Å². The second-order valence-corrected chi connectivity index (χ2v) is 7.43. The van der Waals surface area contributed by atoms with Crippen LogP contribution in [0.3, 0.4) is 0 Å². The van der Waals surface area contributed by atoms with E-state index in [0.717, 1.165) is 31.2 Å². The van der Waals surface area contributed by atoms with Crippen molar-refractivity contribution in [1.29, 1.82) is 0 Å². The summed E-state index contributed by atoms with van der Waals surface area (Å²) in [6.45, 7) is 7.04. The Bertz CT molecular complexity index is 281. The molecule has 1 aliphatic carbocycles. The van der Waals surface area contributed by atoms with Crippen molar-refractivity contribution < 1.29 is 4.21 Å². The number of nitrogens with zero attached hydrogens (tertiary/aromatic N) is 1. The van der Waals surface area contributed by atoms with Crippen LogP contribution >= 0.6 is 0 Å². The first-order valence-corrected chi connectivity index (χ1v) is 8.60. The second kappa shape index (κ2) is 5.81. The van der Waals surface area contributed by atoms with E-state index in [1.54, 1.807) is 6.26 Å². The van der Waals surface area contributed by atoms with Gasteiger partial charge in [-0.1, -0.05) is 0 Å². The fraction of sp³-hybridized carbons (Fsp3) is 1.00. The molecular formula is C13H26N2OS. The normalized spacial score (nSPS) is 33.3. The van der Waals surface area contributed by atoms with E-state index in [1.807, 2.05) is 0 Å². The lowest BCUT2D eigenvalue weighted by Gasteiger charge is -2.34. The minimum absolute atomic E-state index is 0.335. The molecule has 1 heterocycles. The molecule has 2 rings (SSSR count). The van der Waals surface area contributed by atoms with Crippen molar-refractivity contribution in [3.05, 3.63) is 0 Å². The van der Waals surface area contributed by atoms with E-state index in [0.29, 0.717) is 5.54 Å². The van der Waals surface area contributed by atoms with E-state index in [4.69, 9.17) is 0 Å². The highest BCUT2D eigenvalue weighted by Gasteiger charge is 2.42. The summed E-state index contributed by atoms with van der Waals surface area (Å²) in [7, 11) is -0.632. The molecule has 0 spiro atoms. The van der Waals surface area contributed by atoms with Gasteiger partial charge in [0.15, 0.2) is 0 Å². The Hall–Kier alpha value is 0.0700. The van der Waals surface area contributed by atoms with E-state index in [1.165, 1.54) is 32.4 Å². The quantitative estimate of drug-likeness (QED) is 0.805. The van der Waals surface area contributed by atoms with Crippen molar-refractivity contribution in [2.75, 3.05) is 38.2 Å². The Labute approximate surface area is 108 Å². The second-order valence-electron chi connectivity index (χ2n) is 5.88. The molecule has 1 saturated carbocycles. The monoisotopic (exact) mass is 258 g/mol. The predicted molar refractivity (Wildman–Crippen MR) is 73.7 cm³/mol. The molecule has 4 heteroatoms. The molecule has 0 aromatic rings. The molecule has 17 heavy (non-hydrogen) atoms. The minimum atomic E-state index is -0.632. The average molecular weight is 258 g/mol. The largest absolute Gasteiger partial charge is 0.310 e. The van der Waals surface area contributed by atoms with Gasteiger partial charge in [0.2, 0.25) is 0 Å². The number of hydrogen-bond acceptors (Lipinski definition) is 3. The van der Waals surface area contributed by atoms with Crippen LogP contribution in [-0.4, -0.2) is 52.8 Å². The van der Waals surface area contributed by atoms with Crippen LogP contribution in [0.15, 0.2) is 0 Å². The maximum Gasteiger partial charge on any atom is 0.0308 e. The van der Waals surface area contributed by atoms with Gasteiger partial charge in [0.1, 0.15) is 0 Å².